The van der Waals surface area contributed by atoms with Crippen LogP contribution in [-0.4, -0.2) is 53.7 Å². The van der Waals surface area contributed by atoms with Gasteiger partial charge in [-0.15, -0.1) is 0 Å². The molecule has 0 spiro atoms. The third-order valence-corrected chi connectivity index (χ3v) is 3.49. The Kier molecular flexibility index (Phi) is 4.39. The lowest BCUT2D eigenvalue weighted by atomic mass is 10.1. The second kappa shape index (κ2) is 6.04. The van der Waals surface area contributed by atoms with Gasteiger partial charge < -0.3 is 14.9 Å². The fraction of sp³-hybridized carbons (Fsp3) is 0.500. The number of rotatable bonds is 4. The molecule has 1 aliphatic heterocycles. The van der Waals surface area contributed by atoms with Gasteiger partial charge in [-0.1, -0.05) is 0 Å². The van der Waals surface area contributed by atoms with E-state index in [-0.39, 0.29) is 29.4 Å². The molecule has 1 fully saturated rings. The Labute approximate surface area is 112 Å². The fourth-order valence-electron chi connectivity index (χ4n) is 2.32. The highest BCUT2D eigenvalue weighted by atomic mass is 16.5. The van der Waals surface area contributed by atoms with Gasteiger partial charge in [0, 0.05) is 25.3 Å². The summed E-state index contributed by atoms with van der Waals surface area (Å²) in [5.41, 5.74) is 0.247. The lowest BCUT2D eigenvalue weighted by Gasteiger charge is -2.30. The van der Waals surface area contributed by atoms with E-state index in [1.54, 1.807) is 0 Å². The Morgan fingerprint density at radius 1 is 1.37 bits per heavy atom. The first-order chi connectivity index (χ1) is 9.08. The first-order valence-electron chi connectivity index (χ1n) is 6.41. The van der Waals surface area contributed by atoms with Crippen LogP contribution in [0.4, 0.5) is 0 Å². The Balaban J connectivity index is 1.99. The Bertz CT molecular complexity index is 455. The molecular formula is C14H19NO4. The van der Waals surface area contributed by atoms with Crippen molar-refractivity contribution < 1.29 is 19.7 Å². The molecule has 1 heterocycles. The minimum atomic E-state index is -0.176. The van der Waals surface area contributed by atoms with Crippen LogP contribution in [0.3, 0.4) is 0 Å². The summed E-state index contributed by atoms with van der Waals surface area (Å²) in [6.45, 7) is 1.71. The molecule has 0 aromatic heterocycles. The van der Waals surface area contributed by atoms with Gasteiger partial charge in [0.1, 0.15) is 11.5 Å². The summed E-state index contributed by atoms with van der Waals surface area (Å²) in [6.07, 6.45) is 1.84. The van der Waals surface area contributed by atoms with Gasteiger partial charge in [0.25, 0.3) is 0 Å². The first kappa shape index (κ1) is 13.8. The highest BCUT2D eigenvalue weighted by Crippen LogP contribution is 2.23. The van der Waals surface area contributed by atoms with Gasteiger partial charge in [0.15, 0.2) is 5.78 Å². The molecule has 19 heavy (non-hydrogen) atoms. The zero-order chi connectivity index (χ0) is 13.8. The maximum Gasteiger partial charge on any atom is 0.180 e. The highest BCUT2D eigenvalue weighted by Gasteiger charge is 2.21. The predicted molar refractivity (Wildman–Crippen MR) is 70.6 cm³/mol. The molecule has 2 rings (SSSR count). The molecule has 1 aliphatic rings. The Morgan fingerprint density at radius 2 is 2.05 bits per heavy atom. The third kappa shape index (κ3) is 3.45. The van der Waals surface area contributed by atoms with Crippen LogP contribution >= 0.6 is 0 Å². The van der Waals surface area contributed by atoms with E-state index in [4.69, 9.17) is 4.74 Å². The van der Waals surface area contributed by atoms with Gasteiger partial charge in [-0.3, -0.25) is 9.69 Å². The summed E-state index contributed by atoms with van der Waals surface area (Å²) in [7, 11) is 1.91. The van der Waals surface area contributed by atoms with Crippen LogP contribution in [0.1, 0.15) is 23.2 Å². The molecule has 1 aromatic carbocycles. The molecule has 0 bridgehead atoms. The van der Waals surface area contributed by atoms with Crippen molar-refractivity contribution in [2.24, 2.45) is 0 Å². The number of benzene rings is 1. The molecule has 0 unspecified atom stereocenters. The first-order valence-corrected chi connectivity index (χ1v) is 6.41. The van der Waals surface area contributed by atoms with Crippen LogP contribution in [0.15, 0.2) is 18.2 Å². The highest BCUT2D eigenvalue weighted by molar-refractivity contribution is 6.00. The van der Waals surface area contributed by atoms with E-state index >= 15 is 0 Å². The van der Waals surface area contributed by atoms with Crippen LogP contribution in [0.2, 0.25) is 0 Å². The number of phenols is 2. The van der Waals surface area contributed by atoms with Crippen LogP contribution in [0, 0.1) is 0 Å². The molecule has 0 saturated carbocycles. The lowest BCUT2D eigenvalue weighted by molar-refractivity contribution is 0.0418. The molecule has 5 heteroatoms. The van der Waals surface area contributed by atoms with Crippen LogP contribution in [0.25, 0.3) is 0 Å². The van der Waals surface area contributed by atoms with Crippen molar-refractivity contribution >= 4 is 5.78 Å². The van der Waals surface area contributed by atoms with Crippen molar-refractivity contribution in [2.45, 2.75) is 18.9 Å². The number of carbonyl (C=O) groups excluding carboxylic acids is 1. The van der Waals surface area contributed by atoms with Crippen molar-refractivity contribution in [2.75, 3.05) is 26.8 Å². The standard InChI is InChI=1S/C14H19NO4/c1-15(10-4-6-19-7-5-10)9-14(18)12-3-2-11(16)8-13(12)17/h2-3,8,10,16-17H,4-7,9H2,1H3. The van der Waals surface area contributed by atoms with E-state index < -0.39 is 0 Å². The van der Waals surface area contributed by atoms with Crippen molar-refractivity contribution in [1.29, 1.82) is 0 Å². The van der Waals surface area contributed by atoms with Crippen molar-refractivity contribution in [1.82, 2.24) is 4.90 Å². The van der Waals surface area contributed by atoms with Gasteiger partial charge in [-0.2, -0.15) is 0 Å². The molecular weight excluding hydrogens is 246 g/mol. The summed E-state index contributed by atoms with van der Waals surface area (Å²) in [5.74, 6) is -0.372. The number of likely N-dealkylation sites (N-methyl/N-ethyl adjacent to an activating group) is 1. The number of Topliss-reactive ketones (excluding diaryl/α,β-unsaturated/α-hetero) is 1. The number of hydrogen-bond acceptors (Lipinski definition) is 5. The molecule has 2 N–H and O–H groups in total. The van der Waals surface area contributed by atoms with E-state index in [9.17, 15) is 15.0 Å². The second-order valence-corrected chi connectivity index (χ2v) is 4.88. The summed E-state index contributed by atoms with van der Waals surface area (Å²) in [5, 5.41) is 18.9. The van der Waals surface area contributed by atoms with E-state index in [0.29, 0.717) is 6.04 Å². The van der Waals surface area contributed by atoms with E-state index in [0.717, 1.165) is 26.1 Å². The normalized spacial score (nSPS) is 16.7. The minimum Gasteiger partial charge on any atom is -0.508 e. The Hall–Kier alpha value is -1.59. The van der Waals surface area contributed by atoms with Gasteiger partial charge >= 0.3 is 0 Å². The number of ketones is 1. The number of ether oxygens (including phenoxy) is 1. The lowest BCUT2D eigenvalue weighted by Crippen LogP contribution is -2.39. The van der Waals surface area contributed by atoms with Crippen molar-refractivity contribution in [3.8, 4) is 11.5 Å². The number of nitrogens with zero attached hydrogens (tertiary/aromatic N) is 1. The van der Waals surface area contributed by atoms with E-state index in [2.05, 4.69) is 0 Å². The van der Waals surface area contributed by atoms with Crippen LogP contribution in [0.5, 0.6) is 11.5 Å². The van der Waals surface area contributed by atoms with E-state index in [1.165, 1.54) is 18.2 Å². The SMILES string of the molecule is CN(CC(=O)c1ccc(O)cc1O)C1CCOCC1. The zero-order valence-electron chi connectivity index (χ0n) is 11.0. The molecule has 1 aromatic rings. The van der Waals surface area contributed by atoms with Gasteiger partial charge in [0.05, 0.1) is 12.1 Å². The Morgan fingerprint density at radius 3 is 2.68 bits per heavy atom. The minimum absolute atomic E-state index is 0.0492. The van der Waals surface area contributed by atoms with E-state index in [1.807, 2.05) is 11.9 Å². The fourth-order valence-corrected chi connectivity index (χ4v) is 2.32. The summed E-state index contributed by atoms with van der Waals surface area (Å²) in [6, 6.07) is 4.38. The predicted octanol–water partition coefficient (Wildman–Crippen LogP) is 1.39. The van der Waals surface area contributed by atoms with Gasteiger partial charge in [-0.05, 0) is 32.0 Å². The second-order valence-electron chi connectivity index (χ2n) is 4.88. The third-order valence-electron chi connectivity index (χ3n) is 3.49. The van der Waals surface area contributed by atoms with Crippen LogP contribution < -0.4 is 0 Å². The maximum atomic E-state index is 12.1. The summed E-state index contributed by atoms with van der Waals surface area (Å²) >= 11 is 0. The molecule has 0 aliphatic carbocycles. The molecule has 0 radical (unpaired) electrons. The molecule has 1 saturated heterocycles. The largest absolute Gasteiger partial charge is 0.508 e. The molecule has 5 nitrogen and oxygen atoms in total. The number of hydrogen-bond donors (Lipinski definition) is 2. The van der Waals surface area contributed by atoms with Gasteiger partial charge in [0.2, 0.25) is 0 Å². The topological polar surface area (TPSA) is 70.0 Å². The number of carbonyl (C=O) groups is 1. The number of phenolic OH excluding ortho intramolecular Hbond substituents is 2. The average Bonchev–Trinajstić information content (AvgIpc) is 2.39. The average molecular weight is 265 g/mol. The van der Waals surface area contributed by atoms with Gasteiger partial charge in [-0.25, -0.2) is 0 Å². The summed E-state index contributed by atoms with van der Waals surface area (Å²) < 4.78 is 5.29. The molecule has 104 valence electrons. The molecule has 0 amide bonds. The summed E-state index contributed by atoms with van der Waals surface area (Å²) in [4.78, 5) is 14.1. The van der Waals surface area contributed by atoms with Crippen molar-refractivity contribution in [3.63, 3.8) is 0 Å². The quantitative estimate of drug-likeness (QED) is 0.805. The smallest absolute Gasteiger partial charge is 0.180 e. The zero-order valence-corrected chi connectivity index (χ0v) is 11.0. The monoisotopic (exact) mass is 265 g/mol. The maximum absolute atomic E-state index is 12.1. The molecule has 0 atom stereocenters. The number of aromatic hydroxyl groups is 2. The van der Waals surface area contributed by atoms with Crippen LogP contribution in [-0.2, 0) is 4.74 Å². The van der Waals surface area contributed by atoms with Crippen molar-refractivity contribution in [3.05, 3.63) is 23.8 Å².